The van der Waals surface area contributed by atoms with Gasteiger partial charge in [-0.05, 0) is 43.5 Å². The molecule has 0 spiro atoms. The molecule has 1 aliphatic heterocycles. The van der Waals surface area contributed by atoms with Crippen LogP contribution in [0.1, 0.15) is 37.8 Å². The van der Waals surface area contributed by atoms with Gasteiger partial charge in [0.25, 0.3) is 0 Å². The molecule has 2 rings (SSSR count). The van der Waals surface area contributed by atoms with Gasteiger partial charge in [0.2, 0.25) is 0 Å². The molecule has 18 heavy (non-hydrogen) atoms. The Kier molecular flexibility index (Phi) is 4.66. The van der Waals surface area contributed by atoms with Gasteiger partial charge in [0, 0.05) is 6.61 Å². The fourth-order valence-electron chi connectivity index (χ4n) is 2.34. The summed E-state index contributed by atoms with van der Waals surface area (Å²) in [4.78, 5) is 0. The summed E-state index contributed by atoms with van der Waals surface area (Å²) in [5, 5.41) is 3.36. The van der Waals surface area contributed by atoms with Crippen LogP contribution in [0.5, 0.6) is 0 Å². The van der Waals surface area contributed by atoms with E-state index in [4.69, 9.17) is 4.74 Å². The number of hydrogen-bond acceptors (Lipinski definition) is 2. The number of hydrogen-bond donors (Lipinski definition) is 1. The van der Waals surface area contributed by atoms with E-state index >= 15 is 0 Å². The molecule has 1 aromatic rings. The largest absolute Gasteiger partial charge is 0.376 e. The molecule has 0 saturated carbocycles. The van der Waals surface area contributed by atoms with Gasteiger partial charge >= 0.3 is 0 Å². The van der Waals surface area contributed by atoms with Crippen LogP contribution in [0, 0.1) is 11.6 Å². The van der Waals surface area contributed by atoms with Crippen molar-refractivity contribution in [2.45, 2.75) is 38.3 Å². The van der Waals surface area contributed by atoms with Crippen LogP contribution in [-0.4, -0.2) is 19.3 Å². The maximum absolute atomic E-state index is 13.3. The third kappa shape index (κ3) is 3.06. The number of ether oxygens (including phenoxy) is 1. The van der Waals surface area contributed by atoms with E-state index in [1.54, 1.807) is 6.07 Å². The van der Waals surface area contributed by atoms with Crippen LogP contribution in [0.4, 0.5) is 8.78 Å². The minimum Gasteiger partial charge on any atom is -0.376 e. The first-order valence-corrected chi connectivity index (χ1v) is 6.52. The fraction of sp³-hybridized carbons (Fsp3) is 0.571. The van der Waals surface area contributed by atoms with Crippen LogP contribution in [0.25, 0.3) is 0 Å². The van der Waals surface area contributed by atoms with Crippen LogP contribution in [0.3, 0.4) is 0 Å². The lowest BCUT2D eigenvalue weighted by molar-refractivity contribution is 0.0782. The van der Waals surface area contributed by atoms with E-state index in [0.717, 1.165) is 38.0 Å². The fourth-order valence-corrected chi connectivity index (χ4v) is 2.34. The van der Waals surface area contributed by atoms with E-state index in [-0.39, 0.29) is 12.1 Å². The highest BCUT2D eigenvalue weighted by Gasteiger charge is 2.27. The normalized spacial score (nSPS) is 21.2. The number of benzene rings is 1. The zero-order valence-corrected chi connectivity index (χ0v) is 10.6. The van der Waals surface area contributed by atoms with Crippen molar-refractivity contribution in [2.75, 3.05) is 13.2 Å². The van der Waals surface area contributed by atoms with Crippen LogP contribution < -0.4 is 5.32 Å². The van der Waals surface area contributed by atoms with Gasteiger partial charge < -0.3 is 10.1 Å². The minimum absolute atomic E-state index is 0.0532. The Balaban J connectivity index is 2.17. The molecular formula is C14H19F2NO. The van der Waals surface area contributed by atoms with Gasteiger partial charge in [-0.3, -0.25) is 0 Å². The summed E-state index contributed by atoms with van der Waals surface area (Å²) in [7, 11) is 0. The van der Waals surface area contributed by atoms with Crippen LogP contribution >= 0.6 is 0 Å². The lowest BCUT2D eigenvalue weighted by atomic mass is 9.99. The molecule has 0 aliphatic carbocycles. The average molecular weight is 255 g/mol. The first kappa shape index (κ1) is 13.4. The third-order valence-corrected chi connectivity index (χ3v) is 3.25. The van der Waals surface area contributed by atoms with Gasteiger partial charge in [-0.1, -0.05) is 13.0 Å². The highest BCUT2D eigenvalue weighted by atomic mass is 19.2. The van der Waals surface area contributed by atoms with Crippen molar-refractivity contribution in [3.05, 3.63) is 35.4 Å². The summed E-state index contributed by atoms with van der Waals surface area (Å²) in [5.41, 5.74) is 0.759. The van der Waals surface area contributed by atoms with E-state index in [9.17, 15) is 8.78 Å². The van der Waals surface area contributed by atoms with Gasteiger partial charge in [-0.15, -0.1) is 0 Å². The van der Waals surface area contributed by atoms with Crippen LogP contribution in [0.15, 0.2) is 18.2 Å². The van der Waals surface area contributed by atoms with E-state index in [2.05, 4.69) is 12.2 Å². The molecule has 1 N–H and O–H groups in total. The monoisotopic (exact) mass is 255 g/mol. The first-order valence-electron chi connectivity index (χ1n) is 6.52. The Labute approximate surface area is 106 Å². The number of nitrogens with one attached hydrogen (secondary N) is 1. The second-order valence-corrected chi connectivity index (χ2v) is 4.66. The molecule has 1 heterocycles. The van der Waals surface area contributed by atoms with Gasteiger partial charge in [0.1, 0.15) is 0 Å². The molecule has 2 nitrogen and oxygen atoms in total. The maximum atomic E-state index is 13.3. The summed E-state index contributed by atoms with van der Waals surface area (Å²) in [5.74, 6) is -1.60. The van der Waals surface area contributed by atoms with Crippen molar-refractivity contribution in [3.8, 4) is 0 Å². The van der Waals surface area contributed by atoms with Crippen molar-refractivity contribution in [3.63, 3.8) is 0 Å². The molecule has 4 heteroatoms. The molecular weight excluding hydrogens is 236 g/mol. The number of halogens is 2. The molecule has 2 atom stereocenters. The zero-order valence-electron chi connectivity index (χ0n) is 10.6. The topological polar surface area (TPSA) is 21.3 Å². The van der Waals surface area contributed by atoms with Crippen molar-refractivity contribution in [2.24, 2.45) is 0 Å². The summed E-state index contributed by atoms with van der Waals surface area (Å²) in [6.45, 7) is 3.66. The van der Waals surface area contributed by atoms with Crippen LogP contribution in [-0.2, 0) is 4.74 Å². The summed E-state index contributed by atoms with van der Waals surface area (Å²) in [6, 6.07) is 4.03. The van der Waals surface area contributed by atoms with E-state index in [1.165, 1.54) is 12.1 Å². The smallest absolute Gasteiger partial charge is 0.159 e. The van der Waals surface area contributed by atoms with E-state index in [1.807, 2.05) is 0 Å². The molecule has 1 saturated heterocycles. The molecule has 1 aromatic carbocycles. The van der Waals surface area contributed by atoms with Gasteiger partial charge in [-0.25, -0.2) is 8.78 Å². The highest BCUT2D eigenvalue weighted by Crippen LogP contribution is 2.27. The first-order chi connectivity index (χ1) is 8.72. The SMILES string of the molecule is CCCNC(c1ccc(F)c(F)c1)C1CCCO1. The summed E-state index contributed by atoms with van der Waals surface area (Å²) in [6.07, 6.45) is 3.03. The quantitative estimate of drug-likeness (QED) is 0.872. The number of rotatable bonds is 5. The van der Waals surface area contributed by atoms with E-state index < -0.39 is 11.6 Å². The predicted octanol–water partition coefficient (Wildman–Crippen LogP) is 3.18. The van der Waals surface area contributed by atoms with Gasteiger partial charge in [0.15, 0.2) is 11.6 Å². The molecule has 0 bridgehead atoms. The Morgan fingerprint density at radius 2 is 2.22 bits per heavy atom. The van der Waals surface area contributed by atoms with Gasteiger partial charge in [-0.2, -0.15) is 0 Å². The Morgan fingerprint density at radius 3 is 2.83 bits per heavy atom. The molecule has 0 aromatic heterocycles. The minimum atomic E-state index is -0.805. The van der Waals surface area contributed by atoms with Crippen molar-refractivity contribution in [1.29, 1.82) is 0 Å². The molecule has 2 unspecified atom stereocenters. The molecule has 1 fully saturated rings. The van der Waals surface area contributed by atoms with Crippen LogP contribution in [0.2, 0.25) is 0 Å². The Morgan fingerprint density at radius 1 is 1.39 bits per heavy atom. The van der Waals surface area contributed by atoms with Crippen molar-refractivity contribution in [1.82, 2.24) is 5.32 Å². The van der Waals surface area contributed by atoms with Gasteiger partial charge in [0.05, 0.1) is 12.1 Å². The predicted molar refractivity (Wildman–Crippen MR) is 66.4 cm³/mol. The summed E-state index contributed by atoms with van der Waals surface area (Å²) >= 11 is 0. The average Bonchev–Trinajstić information content (AvgIpc) is 2.88. The third-order valence-electron chi connectivity index (χ3n) is 3.25. The lowest BCUT2D eigenvalue weighted by Crippen LogP contribution is -2.32. The maximum Gasteiger partial charge on any atom is 0.159 e. The van der Waals surface area contributed by atoms with Crippen molar-refractivity contribution < 1.29 is 13.5 Å². The Bertz CT molecular complexity index is 391. The highest BCUT2D eigenvalue weighted by molar-refractivity contribution is 5.22. The molecule has 0 amide bonds. The zero-order chi connectivity index (χ0) is 13.0. The molecule has 0 radical (unpaired) electrons. The molecule has 100 valence electrons. The molecule has 1 aliphatic rings. The Hall–Kier alpha value is -1.00. The second kappa shape index (κ2) is 6.25. The summed E-state index contributed by atoms with van der Waals surface area (Å²) < 4.78 is 31.9. The van der Waals surface area contributed by atoms with E-state index in [0.29, 0.717) is 0 Å². The van der Waals surface area contributed by atoms with Crippen molar-refractivity contribution >= 4 is 0 Å². The second-order valence-electron chi connectivity index (χ2n) is 4.66. The lowest BCUT2D eigenvalue weighted by Gasteiger charge is -2.24. The standard InChI is InChI=1S/C14H19F2NO/c1-2-7-17-14(13-4-3-8-18-13)10-5-6-11(15)12(16)9-10/h5-6,9,13-14,17H,2-4,7-8H2,1H3.